The van der Waals surface area contributed by atoms with E-state index >= 15 is 0 Å². The zero-order valence-electron chi connectivity index (χ0n) is 18.0. The van der Waals surface area contributed by atoms with Crippen LogP contribution in [0.5, 0.6) is 0 Å². The highest BCUT2D eigenvalue weighted by molar-refractivity contribution is 5.93. The van der Waals surface area contributed by atoms with Gasteiger partial charge in [-0.15, -0.1) is 0 Å². The smallest absolute Gasteiger partial charge is 0.274 e. The molecule has 3 aromatic rings. The van der Waals surface area contributed by atoms with Crippen LogP contribution in [0.4, 0.5) is 0 Å². The second-order valence-electron chi connectivity index (χ2n) is 8.12. The van der Waals surface area contributed by atoms with Gasteiger partial charge in [0.05, 0.1) is 5.41 Å². The summed E-state index contributed by atoms with van der Waals surface area (Å²) in [7, 11) is 0. The van der Waals surface area contributed by atoms with E-state index in [1.807, 2.05) is 37.3 Å². The van der Waals surface area contributed by atoms with Gasteiger partial charge in [-0.1, -0.05) is 54.6 Å². The van der Waals surface area contributed by atoms with Gasteiger partial charge < -0.3 is 10.2 Å². The lowest BCUT2D eigenvalue weighted by Gasteiger charge is -2.29. The molecule has 1 saturated heterocycles. The quantitative estimate of drug-likeness (QED) is 0.629. The maximum absolute atomic E-state index is 13.3. The Morgan fingerprint density at radius 2 is 1.81 bits per heavy atom. The summed E-state index contributed by atoms with van der Waals surface area (Å²) in [6.07, 6.45) is 1.07. The van der Waals surface area contributed by atoms with Gasteiger partial charge in [0, 0.05) is 25.7 Å². The molecule has 0 bridgehead atoms. The second-order valence-corrected chi connectivity index (χ2v) is 8.12. The lowest BCUT2D eigenvalue weighted by molar-refractivity contribution is -0.130. The Kier molecular flexibility index (Phi) is 6.16. The third-order valence-corrected chi connectivity index (χ3v) is 5.99. The monoisotopic (exact) mass is 430 g/mol. The van der Waals surface area contributed by atoms with Gasteiger partial charge in [-0.2, -0.15) is 5.10 Å². The minimum Gasteiger partial charge on any atom is -0.356 e. The average Bonchev–Trinajstić information content (AvgIpc) is 3.25. The molecule has 7 nitrogen and oxygen atoms in total. The molecule has 2 aromatic carbocycles. The lowest BCUT2D eigenvalue weighted by Crippen LogP contribution is -2.45. The zero-order valence-corrected chi connectivity index (χ0v) is 18.0. The summed E-state index contributed by atoms with van der Waals surface area (Å²) in [6.45, 7) is 3.16. The minimum absolute atomic E-state index is 0.0485. The van der Waals surface area contributed by atoms with E-state index < -0.39 is 5.41 Å². The van der Waals surface area contributed by atoms with Crippen LogP contribution < -0.4 is 10.9 Å². The van der Waals surface area contributed by atoms with E-state index in [9.17, 15) is 14.4 Å². The van der Waals surface area contributed by atoms with Crippen molar-refractivity contribution in [1.29, 1.82) is 0 Å². The molecular weight excluding hydrogens is 404 g/mol. The Morgan fingerprint density at radius 1 is 1.06 bits per heavy atom. The first-order valence-electron chi connectivity index (χ1n) is 10.8. The van der Waals surface area contributed by atoms with Crippen molar-refractivity contribution < 1.29 is 9.59 Å². The summed E-state index contributed by atoms with van der Waals surface area (Å²) in [6, 6.07) is 20.9. The highest BCUT2D eigenvalue weighted by Crippen LogP contribution is 2.38. The molecule has 7 heteroatoms. The van der Waals surface area contributed by atoms with Crippen molar-refractivity contribution in [3.8, 4) is 11.1 Å². The molecule has 0 spiro atoms. The van der Waals surface area contributed by atoms with Gasteiger partial charge in [-0.05, 0) is 42.5 Å². The summed E-state index contributed by atoms with van der Waals surface area (Å²) in [4.78, 5) is 39.2. The van der Waals surface area contributed by atoms with Crippen molar-refractivity contribution in [3.05, 3.63) is 88.3 Å². The van der Waals surface area contributed by atoms with Crippen LogP contribution in [-0.4, -0.2) is 46.5 Å². The second kappa shape index (κ2) is 9.18. The molecule has 4 rings (SSSR count). The Bertz CT molecular complexity index is 1150. The molecule has 1 aliphatic rings. The molecule has 1 atom stereocenters. The molecule has 164 valence electrons. The molecule has 1 fully saturated rings. The van der Waals surface area contributed by atoms with Gasteiger partial charge in [0.25, 0.3) is 11.5 Å². The third-order valence-electron chi connectivity index (χ3n) is 5.99. The molecule has 1 aromatic heterocycles. The standard InChI is InChI=1S/C25H26N4O3/c1-2-26-24(32)25(14-15-29(17-25)23(31)21-12-13-22(30)28-27-21)16-19-10-6-7-11-20(19)18-8-4-3-5-9-18/h3-13H,2,14-17H2,1H3,(H,26,32)(H,28,30). The summed E-state index contributed by atoms with van der Waals surface area (Å²) in [5.74, 6) is -0.337. The van der Waals surface area contributed by atoms with E-state index in [0.29, 0.717) is 32.5 Å². The number of H-pyrrole nitrogens is 1. The Balaban J connectivity index is 1.65. The molecule has 2 amide bonds. The normalized spacial score (nSPS) is 17.8. The van der Waals surface area contributed by atoms with Gasteiger partial charge in [0.15, 0.2) is 0 Å². The zero-order chi connectivity index (χ0) is 22.6. The van der Waals surface area contributed by atoms with Crippen molar-refractivity contribution in [2.75, 3.05) is 19.6 Å². The van der Waals surface area contributed by atoms with Crippen LogP contribution in [0, 0.1) is 5.41 Å². The average molecular weight is 431 g/mol. The van der Waals surface area contributed by atoms with Crippen molar-refractivity contribution in [2.45, 2.75) is 19.8 Å². The fraction of sp³-hybridized carbons (Fsp3) is 0.280. The van der Waals surface area contributed by atoms with Crippen molar-refractivity contribution >= 4 is 11.8 Å². The highest BCUT2D eigenvalue weighted by Gasteiger charge is 2.46. The van der Waals surface area contributed by atoms with Gasteiger partial charge in [0.2, 0.25) is 5.91 Å². The summed E-state index contributed by atoms with van der Waals surface area (Å²) >= 11 is 0. The number of aromatic nitrogens is 2. The van der Waals surface area contributed by atoms with Crippen molar-refractivity contribution in [2.24, 2.45) is 5.41 Å². The first kappa shape index (κ1) is 21.5. The molecule has 32 heavy (non-hydrogen) atoms. The van der Waals surface area contributed by atoms with Gasteiger partial charge in [0.1, 0.15) is 5.69 Å². The number of likely N-dealkylation sites (tertiary alicyclic amines) is 1. The SMILES string of the molecule is CCNC(=O)C1(Cc2ccccc2-c2ccccc2)CCN(C(=O)c2ccc(=O)[nH]n2)C1. The Labute approximate surface area is 186 Å². The molecule has 2 heterocycles. The molecule has 1 aliphatic heterocycles. The van der Waals surface area contributed by atoms with Crippen LogP contribution in [0.25, 0.3) is 11.1 Å². The van der Waals surface area contributed by atoms with E-state index in [0.717, 1.165) is 16.7 Å². The first-order chi connectivity index (χ1) is 15.5. The fourth-order valence-corrected chi connectivity index (χ4v) is 4.37. The predicted molar refractivity (Wildman–Crippen MR) is 122 cm³/mol. The molecule has 0 aliphatic carbocycles. The number of hydrogen-bond acceptors (Lipinski definition) is 4. The van der Waals surface area contributed by atoms with Crippen LogP contribution in [0.2, 0.25) is 0 Å². The molecule has 2 N–H and O–H groups in total. The maximum atomic E-state index is 13.3. The van der Waals surface area contributed by atoms with E-state index in [1.54, 1.807) is 4.90 Å². The van der Waals surface area contributed by atoms with Gasteiger partial charge in [-0.3, -0.25) is 14.4 Å². The number of nitrogens with one attached hydrogen (secondary N) is 2. The first-order valence-corrected chi connectivity index (χ1v) is 10.8. The van der Waals surface area contributed by atoms with Crippen molar-refractivity contribution in [3.63, 3.8) is 0 Å². The van der Waals surface area contributed by atoms with Crippen molar-refractivity contribution in [1.82, 2.24) is 20.4 Å². The highest BCUT2D eigenvalue weighted by atomic mass is 16.2. The number of carbonyl (C=O) groups excluding carboxylic acids is 2. The topological polar surface area (TPSA) is 95.2 Å². The fourth-order valence-electron chi connectivity index (χ4n) is 4.37. The van der Waals surface area contributed by atoms with E-state index in [1.165, 1.54) is 12.1 Å². The molecule has 0 radical (unpaired) electrons. The van der Waals surface area contributed by atoms with Crippen LogP contribution in [0.3, 0.4) is 0 Å². The predicted octanol–water partition coefficient (Wildman–Crippen LogP) is 2.65. The number of nitrogens with zero attached hydrogens (tertiary/aromatic N) is 2. The number of carbonyl (C=O) groups is 2. The summed E-state index contributed by atoms with van der Waals surface area (Å²) in [5, 5.41) is 9.14. The number of hydrogen-bond donors (Lipinski definition) is 2. The van der Waals surface area contributed by atoms with Crippen LogP contribution >= 0.6 is 0 Å². The number of aromatic amines is 1. The maximum Gasteiger partial charge on any atom is 0.274 e. The lowest BCUT2D eigenvalue weighted by atomic mass is 9.78. The third kappa shape index (κ3) is 4.32. The van der Waals surface area contributed by atoms with Gasteiger partial charge in [-0.25, -0.2) is 5.10 Å². The number of rotatable bonds is 6. The Morgan fingerprint density at radius 3 is 2.53 bits per heavy atom. The Hall–Kier alpha value is -3.74. The number of benzene rings is 2. The van der Waals surface area contributed by atoms with Crippen LogP contribution in [-0.2, 0) is 11.2 Å². The molecule has 1 unspecified atom stereocenters. The largest absolute Gasteiger partial charge is 0.356 e. The molecule has 0 saturated carbocycles. The molecular formula is C25H26N4O3. The van der Waals surface area contributed by atoms with E-state index in [2.05, 4.69) is 39.8 Å². The summed E-state index contributed by atoms with van der Waals surface area (Å²) < 4.78 is 0. The van der Waals surface area contributed by atoms with Gasteiger partial charge >= 0.3 is 0 Å². The van der Waals surface area contributed by atoms with E-state index in [-0.39, 0.29) is 23.1 Å². The minimum atomic E-state index is -0.737. The number of amides is 2. The van der Waals surface area contributed by atoms with Crippen LogP contribution in [0.1, 0.15) is 29.4 Å². The van der Waals surface area contributed by atoms with E-state index in [4.69, 9.17) is 0 Å². The summed E-state index contributed by atoms with van der Waals surface area (Å²) in [5.41, 5.74) is 2.32. The van der Waals surface area contributed by atoms with Crippen LogP contribution in [0.15, 0.2) is 71.5 Å².